The Morgan fingerprint density at radius 1 is 1.37 bits per heavy atom. The van der Waals surface area contributed by atoms with Gasteiger partial charge in [-0.1, -0.05) is 37.3 Å². The van der Waals surface area contributed by atoms with Crippen LogP contribution in [0.5, 0.6) is 0 Å². The maximum Gasteiger partial charge on any atom is 0.0536 e. The first-order valence-corrected chi connectivity index (χ1v) is 7.26. The van der Waals surface area contributed by atoms with Crippen molar-refractivity contribution in [3.05, 3.63) is 35.9 Å². The lowest BCUT2D eigenvalue weighted by molar-refractivity contribution is 0.122. The molecule has 1 aliphatic rings. The standard InChI is InChI=1S/C16H25NO2/c1-2-15(14-6-4-3-5-7-14)17-12-16(8-10-18)9-11-19-13-16/h3-7,15,17-18H,2,8-13H2,1H3. The number of benzene rings is 1. The Hall–Kier alpha value is -0.900. The minimum absolute atomic E-state index is 0.122. The van der Waals surface area contributed by atoms with Crippen molar-refractivity contribution in [1.82, 2.24) is 5.32 Å². The highest BCUT2D eigenvalue weighted by Gasteiger charge is 2.34. The third-order valence-electron chi connectivity index (χ3n) is 4.16. The fourth-order valence-electron chi connectivity index (χ4n) is 2.83. The Kier molecular flexibility index (Phi) is 5.37. The van der Waals surface area contributed by atoms with Gasteiger partial charge in [0, 0.05) is 31.2 Å². The molecule has 0 spiro atoms. The molecule has 0 radical (unpaired) electrons. The molecule has 1 aliphatic heterocycles. The Morgan fingerprint density at radius 2 is 2.16 bits per heavy atom. The summed E-state index contributed by atoms with van der Waals surface area (Å²) in [6.07, 6.45) is 2.94. The summed E-state index contributed by atoms with van der Waals surface area (Å²) in [4.78, 5) is 0. The summed E-state index contributed by atoms with van der Waals surface area (Å²) in [6.45, 7) is 4.96. The Bertz CT molecular complexity index is 360. The second kappa shape index (κ2) is 7.04. The summed E-state index contributed by atoms with van der Waals surface area (Å²) in [7, 11) is 0. The van der Waals surface area contributed by atoms with Gasteiger partial charge in [-0.25, -0.2) is 0 Å². The normalized spacial score (nSPS) is 24.5. The van der Waals surface area contributed by atoms with Crippen molar-refractivity contribution in [3.8, 4) is 0 Å². The first-order valence-electron chi connectivity index (χ1n) is 7.26. The molecule has 2 unspecified atom stereocenters. The molecule has 1 aromatic carbocycles. The van der Waals surface area contributed by atoms with Gasteiger partial charge in [-0.05, 0) is 24.8 Å². The largest absolute Gasteiger partial charge is 0.396 e. The lowest BCUT2D eigenvalue weighted by Gasteiger charge is -2.29. The maximum absolute atomic E-state index is 9.25. The lowest BCUT2D eigenvalue weighted by atomic mass is 9.83. The molecular weight excluding hydrogens is 238 g/mol. The van der Waals surface area contributed by atoms with E-state index in [-0.39, 0.29) is 12.0 Å². The molecule has 0 aliphatic carbocycles. The maximum atomic E-state index is 9.25. The number of hydrogen-bond donors (Lipinski definition) is 2. The van der Waals surface area contributed by atoms with Gasteiger partial charge in [0.25, 0.3) is 0 Å². The summed E-state index contributed by atoms with van der Waals surface area (Å²) < 4.78 is 5.53. The van der Waals surface area contributed by atoms with Crippen LogP contribution in [0.25, 0.3) is 0 Å². The van der Waals surface area contributed by atoms with Gasteiger partial charge in [0.05, 0.1) is 6.61 Å². The van der Waals surface area contributed by atoms with Gasteiger partial charge in [-0.2, -0.15) is 0 Å². The molecular formula is C16H25NO2. The Balaban J connectivity index is 1.95. The van der Waals surface area contributed by atoms with Crippen LogP contribution in [-0.4, -0.2) is 31.5 Å². The van der Waals surface area contributed by atoms with Crippen LogP contribution in [0.3, 0.4) is 0 Å². The van der Waals surface area contributed by atoms with E-state index < -0.39 is 0 Å². The van der Waals surface area contributed by atoms with E-state index in [4.69, 9.17) is 4.74 Å². The number of hydrogen-bond acceptors (Lipinski definition) is 3. The second-order valence-corrected chi connectivity index (χ2v) is 5.53. The molecule has 2 rings (SSSR count). The summed E-state index contributed by atoms with van der Waals surface area (Å²) in [5.74, 6) is 0. The van der Waals surface area contributed by atoms with Gasteiger partial charge in [-0.3, -0.25) is 0 Å². The van der Waals surface area contributed by atoms with Gasteiger partial charge in [0.1, 0.15) is 0 Å². The number of rotatable bonds is 7. The smallest absolute Gasteiger partial charge is 0.0536 e. The molecule has 1 fully saturated rings. The van der Waals surface area contributed by atoms with Crippen molar-refractivity contribution in [1.29, 1.82) is 0 Å². The van der Waals surface area contributed by atoms with E-state index in [1.54, 1.807) is 0 Å². The number of ether oxygens (including phenoxy) is 1. The topological polar surface area (TPSA) is 41.5 Å². The van der Waals surface area contributed by atoms with Crippen LogP contribution in [0, 0.1) is 5.41 Å². The first-order chi connectivity index (χ1) is 9.29. The van der Waals surface area contributed by atoms with Gasteiger partial charge < -0.3 is 15.2 Å². The zero-order valence-electron chi connectivity index (χ0n) is 11.8. The van der Waals surface area contributed by atoms with Crippen molar-refractivity contribution in [3.63, 3.8) is 0 Å². The monoisotopic (exact) mass is 263 g/mol. The fraction of sp³-hybridized carbons (Fsp3) is 0.625. The molecule has 1 saturated heterocycles. The second-order valence-electron chi connectivity index (χ2n) is 5.53. The van der Waals surface area contributed by atoms with E-state index in [0.29, 0.717) is 6.04 Å². The molecule has 0 aromatic heterocycles. The van der Waals surface area contributed by atoms with E-state index in [0.717, 1.165) is 39.0 Å². The van der Waals surface area contributed by atoms with E-state index >= 15 is 0 Å². The highest BCUT2D eigenvalue weighted by atomic mass is 16.5. The molecule has 0 saturated carbocycles. The van der Waals surface area contributed by atoms with Crippen molar-refractivity contribution in [2.45, 2.75) is 32.2 Å². The number of nitrogens with one attached hydrogen (secondary N) is 1. The minimum Gasteiger partial charge on any atom is -0.396 e. The van der Waals surface area contributed by atoms with Crippen molar-refractivity contribution < 1.29 is 9.84 Å². The molecule has 3 nitrogen and oxygen atoms in total. The zero-order chi connectivity index (χ0) is 13.6. The fourth-order valence-corrected chi connectivity index (χ4v) is 2.83. The lowest BCUT2D eigenvalue weighted by Crippen LogP contribution is -2.37. The van der Waals surface area contributed by atoms with Crippen molar-refractivity contribution in [2.75, 3.05) is 26.4 Å². The van der Waals surface area contributed by atoms with Crippen molar-refractivity contribution >= 4 is 0 Å². The molecule has 19 heavy (non-hydrogen) atoms. The molecule has 1 heterocycles. The van der Waals surface area contributed by atoms with Crippen LogP contribution >= 0.6 is 0 Å². The molecule has 0 bridgehead atoms. The van der Waals surface area contributed by atoms with E-state index in [1.807, 2.05) is 6.07 Å². The van der Waals surface area contributed by atoms with Crippen LogP contribution in [-0.2, 0) is 4.74 Å². The summed E-state index contributed by atoms with van der Waals surface area (Å²) in [5, 5.41) is 12.9. The van der Waals surface area contributed by atoms with Crippen LogP contribution < -0.4 is 5.32 Å². The predicted octanol–water partition coefficient (Wildman–Crippen LogP) is 2.52. The predicted molar refractivity (Wildman–Crippen MR) is 77.0 cm³/mol. The van der Waals surface area contributed by atoms with Crippen molar-refractivity contribution in [2.24, 2.45) is 5.41 Å². The Labute approximate surface area is 116 Å². The SMILES string of the molecule is CCC(NCC1(CCO)CCOC1)c1ccccc1. The molecule has 2 N–H and O–H groups in total. The van der Waals surface area contributed by atoms with Crippen LogP contribution in [0.2, 0.25) is 0 Å². The van der Waals surface area contributed by atoms with E-state index in [1.165, 1.54) is 5.56 Å². The van der Waals surface area contributed by atoms with E-state index in [2.05, 4.69) is 36.5 Å². The quantitative estimate of drug-likeness (QED) is 0.794. The van der Waals surface area contributed by atoms with Crippen LogP contribution in [0.1, 0.15) is 37.8 Å². The summed E-state index contributed by atoms with van der Waals surface area (Å²) in [5.41, 5.74) is 1.46. The van der Waals surface area contributed by atoms with Gasteiger partial charge in [0.15, 0.2) is 0 Å². The third kappa shape index (κ3) is 3.78. The summed E-state index contributed by atoms with van der Waals surface area (Å²) in [6, 6.07) is 10.9. The van der Waals surface area contributed by atoms with Crippen LogP contribution in [0.15, 0.2) is 30.3 Å². The zero-order valence-corrected chi connectivity index (χ0v) is 11.8. The molecule has 106 valence electrons. The number of aliphatic hydroxyl groups excluding tert-OH is 1. The molecule has 1 aromatic rings. The molecule has 2 atom stereocenters. The summed E-state index contributed by atoms with van der Waals surface area (Å²) >= 11 is 0. The van der Waals surface area contributed by atoms with Crippen LogP contribution in [0.4, 0.5) is 0 Å². The minimum atomic E-state index is 0.122. The van der Waals surface area contributed by atoms with Gasteiger partial charge in [0.2, 0.25) is 0 Å². The molecule has 3 heteroatoms. The van der Waals surface area contributed by atoms with Gasteiger partial charge in [-0.15, -0.1) is 0 Å². The third-order valence-corrected chi connectivity index (χ3v) is 4.16. The average molecular weight is 263 g/mol. The highest BCUT2D eigenvalue weighted by molar-refractivity contribution is 5.18. The Morgan fingerprint density at radius 3 is 2.74 bits per heavy atom. The highest BCUT2D eigenvalue weighted by Crippen LogP contribution is 2.32. The first kappa shape index (κ1) is 14.5. The average Bonchev–Trinajstić information content (AvgIpc) is 2.90. The number of aliphatic hydroxyl groups is 1. The molecule has 0 amide bonds. The van der Waals surface area contributed by atoms with Gasteiger partial charge >= 0.3 is 0 Å². The van der Waals surface area contributed by atoms with E-state index in [9.17, 15) is 5.11 Å².